The molecule has 0 fully saturated rings. The second kappa shape index (κ2) is 30.9. The van der Waals surface area contributed by atoms with E-state index in [-0.39, 0.29) is 0 Å². The van der Waals surface area contributed by atoms with E-state index in [2.05, 4.69) is 51.3 Å². The van der Waals surface area contributed by atoms with Gasteiger partial charge in [-0.2, -0.15) is 0 Å². The Morgan fingerprint density at radius 1 is 0.455 bits per heavy atom. The van der Waals surface area contributed by atoms with Crippen molar-refractivity contribution >= 4 is 11.9 Å². The molecule has 0 unspecified atom stereocenters. The number of hydrogen-bond donors (Lipinski definition) is 2. The molecule has 6 nitrogen and oxygen atoms in total. The van der Waals surface area contributed by atoms with Gasteiger partial charge in [-0.25, -0.2) is 0 Å². The van der Waals surface area contributed by atoms with E-state index >= 15 is 0 Å². The molecule has 0 spiro atoms. The molecule has 0 rings (SSSR count). The first-order valence-corrected chi connectivity index (χ1v) is 13.7. The van der Waals surface area contributed by atoms with Gasteiger partial charge < -0.3 is 20.0 Å². The van der Waals surface area contributed by atoms with Crippen molar-refractivity contribution in [2.24, 2.45) is 0 Å². The zero-order valence-corrected chi connectivity index (χ0v) is 23.0. The number of nitrogens with zero attached hydrogens (tertiary/aromatic N) is 2. The second-order valence-electron chi connectivity index (χ2n) is 8.77. The first-order valence-electron chi connectivity index (χ1n) is 13.7. The summed E-state index contributed by atoms with van der Waals surface area (Å²) in [5.74, 6) is -2.62. The molecule has 0 heterocycles. The van der Waals surface area contributed by atoms with Crippen molar-refractivity contribution in [1.29, 1.82) is 0 Å². The molecule has 0 aromatic heterocycles. The summed E-state index contributed by atoms with van der Waals surface area (Å²) in [6.45, 7) is 21.5. The number of carbonyl (C=O) groups is 2. The summed E-state index contributed by atoms with van der Waals surface area (Å²) in [5.41, 5.74) is 0. The van der Waals surface area contributed by atoms with Gasteiger partial charge in [-0.15, -0.1) is 0 Å². The highest BCUT2D eigenvalue weighted by Gasteiger charge is 2.03. The molecule has 6 heteroatoms. The third kappa shape index (κ3) is 35.6. The predicted molar refractivity (Wildman–Crippen MR) is 142 cm³/mol. The van der Waals surface area contributed by atoms with Gasteiger partial charge in [-0.05, 0) is 77.8 Å². The highest BCUT2D eigenvalue weighted by atomic mass is 16.4. The number of carboxylic acids is 2. The first kappa shape index (κ1) is 36.4. The van der Waals surface area contributed by atoms with Gasteiger partial charge in [0.05, 0.1) is 0 Å². The van der Waals surface area contributed by atoms with Gasteiger partial charge in [0, 0.05) is 0 Å². The van der Waals surface area contributed by atoms with E-state index in [1.54, 1.807) is 0 Å². The molecule has 0 aliphatic heterocycles. The zero-order chi connectivity index (χ0) is 25.7. The Morgan fingerprint density at radius 3 is 0.727 bits per heavy atom. The summed E-state index contributed by atoms with van der Waals surface area (Å²) in [6, 6.07) is 0. The maximum absolute atomic E-state index is 9.43. The third-order valence-corrected chi connectivity index (χ3v) is 5.27. The molecule has 33 heavy (non-hydrogen) atoms. The summed E-state index contributed by atoms with van der Waals surface area (Å²) in [6.07, 6.45) is 15.4. The highest BCUT2D eigenvalue weighted by Crippen LogP contribution is 2.02. The van der Waals surface area contributed by atoms with Gasteiger partial charge >= 0.3 is 11.9 Å². The fourth-order valence-electron chi connectivity index (χ4n) is 3.09. The van der Waals surface area contributed by atoms with Gasteiger partial charge in [0.1, 0.15) is 6.42 Å². The Bertz CT molecular complexity index is 332. The molecule has 0 saturated heterocycles. The summed E-state index contributed by atoms with van der Waals surface area (Å²) in [4.78, 5) is 24.1. The van der Waals surface area contributed by atoms with Crippen LogP contribution in [0, 0.1) is 0 Å². The van der Waals surface area contributed by atoms with E-state index < -0.39 is 18.4 Å². The Balaban J connectivity index is -0.000000429. The van der Waals surface area contributed by atoms with E-state index in [0.717, 1.165) is 0 Å². The summed E-state index contributed by atoms with van der Waals surface area (Å²) < 4.78 is 0. The lowest BCUT2D eigenvalue weighted by Gasteiger charge is -2.21. The van der Waals surface area contributed by atoms with Crippen molar-refractivity contribution in [2.75, 3.05) is 39.3 Å². The lowest BCUT2D eigenvalue weighted by molar-refractivity contribution is -0.147. The van der Waals surface area contributed by atoms with E-state index in [1.165, 1.54) is 116 Å². The summed E-state index contributed by atoms with van der Waals surface area (Å²) in [7, 11) is 0. The van der Waals surface area contributed by atoms with Crippen LogP contribution in [-0.4, -0.2) is 71.2 Å². The van der Waals surface area contributed by atoms with Crippen LogP contribution in [0.2, 0.25) is 0 Å². The molecule has 0 amide bonds. The van der Waals surface area contributed by atoms with Crippen LogP contribution in [-0.2, 0) is 9.59 Å². The van der Waals surface area contributed by atoms with E-state index in [1.807, 2.05) is 0 Å². The van der Waals surface area contributed by atoms with Crippen LogP contribution in [0.25, 0.3) is 0 Å². The average molecular weight is 475 g/mol. The topological polar surface area (TPSA) is 81.1 Å². The minimum Gasteiger partial charge on any atom is -0.481 e. The van der Waals surface area contributed by atoms with Gasteiger partial charge in [0.2, 0.25) is 0 Å². The van der Waals surface area contributed by atoms with Gasteiger partial charge in [0.15, 0.2) is 0 Å². The maximum Gasteiger partial charge on any atom is 0.314 e. The molecule has 0 aromatic rings. The SMILES string of the molecule is CCCCN(CCCC)CCCC.CCCCN(CCCC)CCCC.O=C(O)CC(=O)O. The molecule has 0 aliphatic rings. The number of carboxylic acid groups (broad SMARTS) is 2. The molecule has 0 bridgehead atoms. The first-order chi connectivity index (χ1) is 15.8. The van der Waals surface area contributed by atoms with Crippen LogP contribution in [0.3, 0.4) is 0 Å². The molecule has 0 radical (unpaired) electrons. The average Bonchev–Trinajstić information content (AvgIpc) is 2.78. The molecule has 2 N–H and O–H groups in total. The number of rotatable bonds is 20. The van der Waals surface area contributed by atoms with Crippen molar-refractivity contribution in [3.05, 3.63) is 0 Å². The second-order valence-corrected chi connectivity index (χ2v) is 8.77. The largest absolute Gasteiger partial charge is 0.481 e. The number of hydrogen-bond acceptors (Lipinski definition) is 4. The van der Waals surface area contributed by atoms with Gasteiger partial charge in [0.25, 0.3) is 0 Å². The van der Waals surface area contributed by atoms with Crippen LogP contribution in [0.1, 0.15) is 125 Å². The van der Waals surface area contributed by atoms with Crippen molar-refractivity contribution < 1.29 is 19.8 Å². The Labute approximate surface area is 206 Å². The van der Waals surface area contributed by atoms with E-state index in [9.17, 15) is 9.59 Å². The smallest absolute Gasteiger partial charge is 0.314 e. The predicted octanol–water partition coefficient (Wildman–Crippen LogP) is 6.92. The quantitative estimate of drug-likeness (QED) is 0.186. The fraction of sp³-hybridized carbons (Fsp3) is 0.926. The normalized spacial score (nSPS) is 10.4. The molecular formula is C27H58N2O4. The van der Waals surface area contributed by atoms with E-state index in [4.69, 9.17) is 10.2 Å². The summed E-state index contributed by atoms with van der Waals surface area (Å²) >= 11 is 0. The molecule has 0 atom stereocenters. The Kier molecular flexibility index (Phi) is 34.1. The van der Waals surface area contributed by atoms with Gasteiger partial charge in [-0.1, -0.05) is 80.1 Å². The zero-order valence-electron chi connectivity index (χ0n) is 23.0. The molecule has 0 saturated carbocycles. The van der Waals surface area contributed by atoms with Crippen LogP contribution >= 0.6 is 0 Å². The van der Waals surface area contributed by atoms with Crippen LogP contribution < -0.4 is 0 Å². The van der Waals surface area contributed by atoms with Crippen molar-refractivity contribution in [3.8, 4) is 0 Å². The molecular weight excluding hydrogens is 416 g/mol. The molecule has 200 valence electrons. The van der Waals surface area contributed by atoms with Crippen molar-refractivity contribution in [2.45, 2.75) is 125 Å². The third-order valence-electron chi connectivity index (χ3n) is 5.27. The minimum absolute atomic E-state index is 0.806. The monoisotopic (exact) mass is 474 g/mol. The number of aliphatic carboxylic acids is 2. The van der Waals surface area contributed by atoms with E-state index in [0.29, 0.717) is 0 Å². The number of unbranched alkanes of at least 4 members (excludes halogenated alkanes) is 6. The lowest BCUT2D eigenvalue weighted by Crippen LogP contribution is -2.27. The van der Waals surface area contributed by atoms with Gasteiger partial charge in [-0.3, -0.25) is 9.59 Å². The van der Waals surface area contributed by atoms with Crippen molar-refractivity contribution in [1.82, 2.24) is 9.80 Å². The van der Waals surface area contributed by atoms with Crippen LogP contribution in [0.5, 0.6) is 0 Å². The standard InChI is InChI=1S/2C12H27N.C3H4O4/c2*1-4-7-10-13(11-8-5-2)12-9-6-3;4-2(5)1-3(6)7/h2*4-12H2,1-3H3;1H2,(H,4,5)(H,6,7). The highest BCUT2D eigenvalue weighted by molar-refractivity contribution is 5.88. The minimum atomic E-state index is -1.31. The molecule has 0 aliphatic carbocycles. The van der Waals surface area contributed by atoms with Crippen LogP contribution in [0.4, 0.5) is 0 Å². The molecule has 0 aromatic carbocycles. The fourth-order valence-corrected chi connectivity index (χ4v) is 3.09. The lowest BCUT2D eigenvalue weighted by atomic mass is 10.2. The van der Waals surface area contributed by atoms with Crippen molar-refractivity contribution in [3.63, 3.8) is 0 Å². The maximum atomic E-state index is 9.43. The Hall–Kier alpha value is -1.14. The summed E-state index contributed by atoms with van der Waals surface area (Å²) in [5, 5.41) is 15.4. The van der Waals surface area contributed by atoms with Crippen LogP contribution in [0.15, 0.2) is 0 Å². The Morgan fingerprint density at radius 2 is 0.636 bits per heavy atom.